The predicted molar refractivity (Wildman–Crippen MR) is 143 cm³/mol. The number of hydrogen-bond acceptors (Lipinski definition) is 5. The highest BCUT2D eigenvalue weighted by Gasteiger charge is 2.42. The Morgan fingerprint density at radius 2 is 1.76 bits per heavy atom. The van der Waals surface area contributed by atoms with Gasteiger partial charge >= 0.3 is 0 Å². The van der Waals surface area contributed by atoms with Gasteiger partial charge in [-0.25, -0.2) is 0 Å². The van der Waals surface area contributed by atoms with Crippen molar-refractivity contribution in [2.45, 2.75) is 22.1 Å². The molecule has 1 N–H and O–H groups in total. The molecule has 3 heterocycles. The third-order valence-electron chi connectivity index (χ3n) is 5.67. The Morgan fingerprint density at radius 3 is 2.44 bits per heavy atom. The predicted octanol–water partition coefficient (Wildman–Crippen LogP) is 6.72. The van der Waals surface area contributed by atoms with Crippen LogP contribution in [0, 0.1) is 0 Å². The van der Waals surface area contributed by atoms with E-state index in [1.165, 1.54) is 0 Å². The Balaban J connectivity index is 1.51. The molecule has 0 unspecified atom stereocenters. The standard InChI is InChI=1S/C26H23ClN4OS2/c1-30(2)18-8-10-19(11-9-18)31-25(24(29-26(31)33)21-5-3-4-16-28-21)22-14-15-23(32-22)34-20-12-6-17(27)7-13-20/h3-16,24-25H,1-2H3,(H,29,33)/t24-,25+/m1/s1. The van der Waals surface area contributed by atoms with E-state index in [1.54, 1.807) is 18.0 Å². The summed E-state index contributed by atoms with van der Waals surface area (Å²) in [5.74, 6) is 0.816. The Hall–Kier alpha value is -3.00. The maximum absolute atomic E-state index is 6.37. The molecule has 1 aliphatic rings. The molecule has 0 amide bonds. The molecule has 0 bridgehead atoms. The van der Waals surface area contributed by atoms with Crippen molar-refractivity contribution in [3.63, 3.8) is 0 Å². The summed E-state index contributed by atoms with van der Waals surface area (Å²) < 4.78 is 6.37. The van der Waals surface area contributed by atoms with Crippen LogP contribution in [-0.4, -0.2) is 24.2 Å². The molecule has 5 nitrogen and oxygen atoms in total. The van der Waals surface area contributed by atoms with E-state index >= 15 is 0 Å². The fourth-order valence-corrected chi connectivity index (χ4v) is 5.25. The summed E-state index contributed by atoms with van der Waals surface area (Å²) in [6.07, 6.45) is 1.80. The van der Waals surface area contributed by atoms with Crippen LogP contribution in [0.4, 0.5) is 11.4 Å². The van der Waals surface area contributed by atoms with Gasteiger partial charge < -0.3 is 19.5 Å². The number of benzene rings is 2. The number of halogens is 1. The molecule has 8 heteroatoms. The summed E-state index contributed by atoms with van der Waals surface area (Å²) in [5, 5.41) is 5.63. The number of nitrogens with one attached hydrogen (secondary N) is 1. The maximum Gasteiger partial charge on any atom is 0.174 e. The molecule has 2 aromatic carbocycles. The molecule has 0 saturated carbocycles. The average molecular weight is 507 g/mol. The van der Waals surface area contributed by atoms with E-state index < -0.39 is 0 Å². The van der Waals surface area contributed by atoms with Gasteiger partial charge in [-0.15, -0.1) is 0 Å². The SMILES string of the molecule is CN(C)c1ccc(N2C(=S)N[C@H](c3ccccn3)[C@@H]2c2ccc(Sc3ccc(Cl)cc3)o2)cc1. The first-order valence-electron chi connectivity index (χ1n) is 10.8. The van der Waals surface area contributed by atoms with E-state index in [0.717, 1.165) is 32.8 Å². The molecule has 34 heavy (non-hydrogen) atoms. The zero-order chi connectivity index (χ0) is 23.7. The van der Waals surface area contributed by atoms with Gasteiger partial charge in [-0.2, -0.15) is 0 Å². The van der Waals surface area contributed by atoms with E-state index in [4.69, 9.17) is 28.2 Å². The van der Waals surface area contributed by atoms with Crippen LogP contribution in [0.15, 0.2) is 99.5 Å². The van der Waals surface area contributed by atoms with Crippen LogP contribution >= 0.6 is 35.6 Å². The summed E-state index contributed by atoms with van der Waals surface area (Å²) in [5.41, 5.74) is 3.03. The van der Waals surface area contributed by atoms with E-state index in [2.05, 4.69) is 44.4 Å². The highest BCUT2D eigenvalue weighted by atomic mass is 35.5. The lowest BCUT2D eigenvalue weighted by Crippen LogP contribution is -2.29. The van der Waals surface area contributed by atoms with Crippen LogP contribution in [0.25, 0.3) is 0 Å². The lowest BCUT2D eigenvalue weighted by atomic mass is 10.0. The van der Waals surface area contributed by atoms with Crippen LogP contribution in [0.2, 0.25) is 5.02 Å². The quantitative estimate of drug-likeness (QED) is 0.291. The zero-order valence-corrected chi connectivity index (χ0v) is 21.1. The van der Waals surface area contributed by atoms with Crippen molar-refractivity contribution in [1.29, 1.82) is 0 Å². The molecule has 4 aromatic rings. The Morgan fingerprint density at radius 1 is 1.00 bits per heavy atom. The van der Waals surface area contributed by atoms with Crippen molar-refractivity contribution < 1.29 is 4.42 Å². The summed E-state index contributed by atoms with van der Waals surface area (Å²) in [4.78, 5) is 9.85. The normalized spacial score (nSPS) is 17.6. The summed E-state index contributed by atoms with van der Waals surface area (Å²) in [6.45, 7) is 0. The monoisotopic (exact) mass is 506 g/mol. The van der Waals surface area contributed by atoms with Crippen LogP contribution in [0.3, 0.4) is 0 Å². The average Bonchev–Trinajstić information content (AvgIpc) is 3.45. The lowest BCUT2D eigenvalue weighted by Gasteiger charge is -2.26. The first-order valence-corrected chi connectivity index (χ1v) is 12.4. The highest BCUT2D eigenvalue weighted by molar-refractivity contribution is 7.99. The molecule has 0 aliphatic carbocycles. The van der Waals surface area contributed by atoms with Crippen molar-refractivity contribution in [2.75, 3.05) is 23.9 Å². The van der Waals surface area contributed by atoms with Gasteiger partial charge in [0.2, 0.25) is 0 Å². The topological polar surface area (TPSA) is 44.5 Å². The second kappa shape index (κ2) is 9.70. The van der Waals surface area contributed by atoms with Crippen molar-refractivity contribution >= 4 is 52.1 Å². The van der Waals surface area contributed by atoms with Gasteiger partial charge in [-0.3, -0.25) is 4.98 Å². The van der Waals surface area contributed by atoms with E-state index in [9.17, 15) is 0 Å². The molecule has 1 fully saturated rings. The third-order valence-corrected chi connectivity index (χ3v) is 7.16. The molecule has 1 saturated heterocycles. The lowest BCUT2D eigenvalue weighted by molar-refractivity contribution is 0.383. The molecule has 172 valence electrons. The highest BCUT2D eigenvalue weighted by Crippen LogP contribution is 2.43. The van der Waals surface area contributed by atoms with Crippen molar-refractivity contribution in [1.82, 2.24) is 10.3 Å². The molecule has 0 spiro atoms. The Labute approximate surface area is 213 Å². The van der Waals surface area contributed by atoms with Gasteiger partial charge in [-0.05, 0) is 85.0 Å². The number of anilines is 2. The second-order valence-electron chi connectivity index (χ2n) is 8.12. The molecule has 1 aliphatic heterocycles. The number of hydrogen-bond donors (Lipinski definition) is 1. The number of thiocarbonyl (C=S) groups is 1. The number of nitrogens with zero attached hydrogens (tertiary/aromatic N) is 3. The zero-order valence-electron chi connectivity index (χ0n) is 18.7. The van der Waals surface area contributed by atoms with Gasteiger partial charge in [0, 0.05) is 41.6 Å². The maximum atomic E-state index is 6.37. The number of aromatic nitrogens is 1. The molecule has 5 rings (SSSR count). The summed E-state index contributed by atoms with van der Waals surface area (Å²) in [6, 6.07) is 25.7. The molecule has 2 aromatic heterocycles. The molecular weight excluding hydrogens is 484 g/mol. The van der Waals surface area contributed by atoms with Gasteiger partial charge in [0.1, 0.15) is 11.8 Å². The van der Waals surface area contributed by atoms with Gasteiger partial charge in [-0.1, -0.05) is 29.4 Å². The molecule has 2 atom stereocenters. The third kappa shape index (κ3) is 4.64. The summed E-state index contributed by atoms with van der Waals surface area (Å²) >= 11 is 13.4. The first-order chi connectivity index (χ1) is 16.5. The van der Waals surface area contributed by atoms with Gasteiger partial charge in [0.15, 0.2) is 10.2 Å². The fraction of sp³-hybridized carbons (Fsp3) is 0.154. The van der Waals surface area contributed by atoms with Crippen LogP contribution in [0.5, 0.6) is 0 Å². The first kappa shape index (κ1) is 22.8. The largest absolute Gasteiger partial charge is 0.452 e. The minimum Gasteiger partial charge on any atom is -0.452 e. The molecular formula is C26H23ClN4OS2. The number of rotatable bonds is 6. The van der Waals surface area contributed by atoms with Crippen LogP contribution < -0.4 is 15.1 Å². The van der Waals surface area contributed by atoms with Gasteiger partial charge in [0.05, 0.1) is 11.7 Å². The minimum absolute atomic E-state index is 0.151. The molecule has 0 radical (unpaired) electrons. The fourth-order valence-electron chi connectivity index (χ4n) is 4.00. The number of furan rings is 1. The van der Waals surface area contributed by atoms with Crippen LogP contribution in [-0.2, 0) is 0 Å². The smallest absolute Gasteiger partial charge is 0.174 e. The number of pyridine rings is 1. The minimum atomic E-state index is -0.188. The van der Waals surface area contributed by atoms with E-state index in [0.29, 0.717) is 10.1 Å². The van der Waals surface area contributed by atoms with E-state index in [1.807, 2.05) is 68.7 Å². The van der Waals surface area contributed by atoms with Crippen molar-refractivity contribution in [3.05, 3.63) is 102 Å². The van der Waals surface area contributed by atoms with Crippen molar-refractivity contribution in [2.24, 2.45) is 0 Å². The Kier molecular flexibility index (Phi) is 6.50. The second-order valence-corrected chi connectivity index (χ2v) is 10.0. The van der Waals surface area contributed by atoms with Gasteiger partial charge in [0.25, 0.3) is 0 Å². The van der Waals surface area contributed by atoms with Crippen molar-refractivity contribution in [3.8, 4) is 0 Å². The Bertz CT molecular complexity index is 1280. The van der Waals surface area contributed by atoms with Crippen LogP contribution in [0.1, 0.15) is 23.5 Å². The summed E-state index contributed by atoms with van der Waals surface area (Å²) in [7, 11) is 4.05. The van der Waals surface area contributed by atoms with E-state index in [-0.39, 0.29) is 12.1 Å².